The van der Waals surface area contributed by atoms with Crippen molar-refractivity contribution in [3.63, 3.8) is 0 Å². The maximum Gasteiger partial charge on any atom is 0.126 e. The number of pyridine rings is 1. The van der Waals surface area contributed by atoms with Crippen LogP contribution in [0.5, 0.6) is 0 Å². The van der Waals surface area contributed by atoms with E-state index in [0.29, 0.717) is 11.1 Å². The van der Waals surface area contributed by atoms with Crippen LogP contribution in [-0.4, -0.2) is 15.2 Å². The SMILES string of the molecule is CC(C)(C#N)c1ccc(-c2n[nH]c3cnc4ccc(-c5cc(F)cc(F)c5)cc4c23)cc1. The Morgan fingerprint density at radius 1 is 0.875 bits per heavy atom. The van der Waals surface area contributed by atoms with Crippen LogP contribution in [0.1, 0.15) is 19.4 Å². The highest BCUT2D eigenvalue weighted by Gasteiger charge is 2.20. The van der Waals surface area contributed by atoms with E-state index in [0.717, 1.165) is 44.7 Å². The number of aromatic nitrogens is 3. The van der Waals surface area contributed by atoms with Gasteiger partial charge in [-0.05, 0) is 54.8 Å². The van der Waals surface area contributed by atoms with Gasteiger partial charge < -0.3 is 0 Å². The maximum atomic E-state index is 13.8. The topological polar surface area (TPSA) is 65.4 Å². The van der Waals surface area contributed by atoms with Crippen molar-refractivity contribution in [1.82, 2.24) is 15.2 Å². The van der Waals surface area contributed by atoms with Crippen molar-refractivity contribution in [3.8, 4) is 28.5 Å². The first-order valence-corrected chi connectivity index (χ1v) is 10.1. The number of nitriles is 1. The molecule has 1 N–H and O–H groups in total. The van der Waals surface area contributed by atoms with Crippen molar-refractivity contribution in [2.45, 2.75) is 19.3 Å². The predicted molar refractivity (Wildman–Crippen MR) is 121 cm³/mol. The number of benzene rings is 3. The van der Waals surface area contributed by atoms with Crippen LogP contribution >= 0.6 is 0 Å². The quantitative estimate of drug-likeness (QED) is 0.358. The van der Waals surface area contributed by atoms with Gasteiger partial charge in [0.25, 0.3) is 0 Å². The Morgan fingerprint density at radius 3 is 2.25 bits per heavy atom. The number of nitrogens with zero attached hydrogens (tertiary/aromatic N) is 3. The minimum atomic E-state index is -0.624. The molecule has 0 bridgehead atoms. The minimum absolute atomic E-state index is 0.453. The highest BCUT2D eigenvalue weighted by Crippen LogP contribution is 2.35. The number of rotatable bonds is 3. The van der Waals surface area contributed by atoms with Crippen LogP contribution in [0.25, 0.3) is 44.2 Å². The third-order valence-electron chi connectivity index (χ3n) is 5.75. The summed E-state index contributed by atoms with van der Waals surface area (Å²) in [6, 6.07) is 19.1. The Labute approximate surface area is 183 Å². The summed E-state index contributed by atoms with van der Waals surface area (Å²) in [6.07, 6.45) is 1.73. The molecule has 0 radical (unpaired) electrons. The molecule has 2 heterocycles. The zero-order valence-electron chi connectivity index (χ0n) is 17.4. The Balaban J connectivity index is 1.70. The lowest BCUT2D eigenvalue weighted by Crippen LogP contribution is -2.13. The van der Waals surface area contributed by atoms with Crippen LogP contribution in [0, 0.1) is 23.0 Å². The number of fused-ring (bicyclic) bond motifs is 3. The molecule has 0 saturated heterocycles. The summed E-state index contributed by atoms with van der Waals surface area (Å²) in [6.45, 7) is 3.75. The van der Waals surface area contributed by atoms with E-state index in [1.807, 2.05) is 50.2 Å². The van der Waals surface area contributed by atoms with Crippen LogP contribution < -0.4 is 0 Å². The smallest absolute Gasteiger partial charge is 0.126 e. The van der Waals surface area contributed by atoms with E-state index < -0.39 is 17.0 Å². The van der Waals surface area contributed by atoms with Crippen LogP contribution in [0.3, 0.4) is 0 Å². The van der Waals surface area contributed by atoms with E-state index in [1.165, 1.54) is 12.1 Å². The largest absolute Gasteiger partial charge is 0.276 e. The lowest BCUT2D eigenvalue weighted by molar-refractivity contribution is 0.584. The molecule has 0 atom stereocenters. The molecule has 0 unspecified atom stereocenters. The molecule has 5 rings (SSSR count). The molecule has 0 spiro atoms. The van der Waals surface area contributed by atoms with E-state index in [4.69, 9.17) is 0 Å². The van der Waals surface area contributed by atoms with Crippen LogP contribution in [0.2, 0.25) is 0 Å². The van der Waals surface area contributed by atoms with Crippen molar-refractivity contribution in [1.29, 1.82) is 5.26 Å². The molecule has 0 amide bonds. The number of hydrogen-bond acceptors (Lipinski definition) is 3. The molecule has 4 nitrogen and oxygen atoms in total. The van der Waals surface area contributed by atoms with Gasteiger partial charge in [-0.15, -0.1) is 0 Å². The van der Waals surface area contributed by atoms with Gasteiger partial charge in [-0.2, -0.15) is 10.4 Å². The molecule has 0 aliphatic rings. The van der Waals surface area contributed by atoms with Gasteiger partial charge in [0.1, 0.15) is 17.3 Å². The van der Waals surface area contributed by atoms with Crippen molar-refractivity contribution >= 4 is 21.8 Å². The molecule has 0 saturated carbocycles. The van der Waals surface area contributed by atoms with Crippen molar-refractivity contribution in [2.24, 2.45) is 0 Å². The molecule has 3 aromatic carbocycles. The molecule has 0 fully saturated rings. The standard InChI is InChI=1S/C26H18F2N4/c1-26(2,14-29)18-6-3-15(4-7-18)25-24-21-11-16(17-9-19(27)12-20(28)10-17)5-8-22(21)30-13-23(24)31-32-25/h3-13H,1-2H3,(H,31,32). The Bertz CT molecular complexity index is 1510. The molecule has 0 aliphatic heterocycles. The lowest BCUT2D eigenvalue weighted by atomic mass is 9.86. The fourth-order valence-corrected chi connectivity index (χ4v) is 3.92. The van der Waals surface area contributed by atoms with Crippen LogP contribution in [0.15, 0.2) is 66.9 Å². The lowest BCUT2D eigenvalue weighted by Gasteiger charge is -2.15. The summed E-state index contributed by atoms with van der Waals surface area (Å²) < 4.78 is 27.5. The van der Waals surface area contributed by atoms with Gasteiger partial charge >= 0.3 is 0 Å². The van der Waals surface area contributed by atoms with Crippen molar-refractivity contribution in [3.05, 3.63) is 84.1 Å². The highest BCUT2D eigenvalue weighted by atomic mass is 19.1. The summed E-state index contributed by atoms with van der Waals surface area (Å²) in [7, 11) is 0. The van der Waals surface area contributed by atoms with E-state index in [-0.39, 0.29) is 0 Å². The second-order valence-electron chi connectivity index (χ2n) is 8.32. The van der Waals surface area contributed by atoms with Crippen LogP contribution in [-0.2, 0) is 5.41 Å². The number of aromatic amines is 1. The number of H-pyrrole nitrogens is 1. The normalized spacial score (nSPS) is 11.7. The molecular weight excluding hydrogens is 406 g/mol. The highest BCUT2D eigenvalue weighted by molar-refractivity contribution is 6.11. The van der Waals surface area contributed by atoms with E-state index in [9.17, 15) is 14.0 Å². The van der Waals surface area contributed by atoms with E-state index in [1.54, 1.807) is 12.3 Å². The van der Waals surface area contributed by atoms with Crippen molar-refractivity contribution < 1.29 is 8.78 Å². The zero-order valence-corrected chi connectivity index (χ0v) is 17.4. The van der Waals surface area contributed by atoms with Crippen LogP contribution in [0.4, 0.5) is 8.78 Å². The number of nitrogens with one attached hydrogen (secondary N) is 1. The fourth-order valence-electron chi connectivity index (χ4n) is 3.92. The Hall–Kier alpha value is -4.11. The monoisotopic (exact) mass is 424 g/mol. The Morgan fingerprint density at radius 2 is 1.56 bits per heavy atom. The van der Waals surface area contributed by atoms with E-state index >= 15 is 0 Å². The summed E-state index contributed by atoms with van der Waals surface area (Å²) in [5.74, 6) is -1.25. The third kappa shape index (κ3) is 3.28. The second kappa shape index (κ2) is 7.24. The Kier molecular flexibility index (Phi) is 4.49. The average molecular weight is 424 g/mol. The molecule has 2 aromatic heterocycles. The van der Waals surface area contributed by atoms with Gasteiger partial charge in [-0.3, -0.25) is 10.1 Å². The summed E-state index contributed by atoms with van der Waals surface area (Å²) in [5, 5.41) is 18.6. The first-order valence-electron chi connectivity index (χ1n) is 10.1. The van der Waals surface area contributed by atoms with Gasteiger partial charge in [0.15, 0.2) is 0 Å². The number of halogens is 2. The first-order chi connectivity index (χ1) is 15.4. The van der Waals surface area contributed by atoms with Gasteiger partial charge in [0.05, 0.1) is 28.7 Å². The zero-order chi connectivity index (χ0) is 22.5. The van der Waals surface area contributed by atoms with Gasteiger partial charge in [0.2, 0.25) is 0 Å². The second-order valence-corrected chi connectivity index (χ2v) is 8.32. The van der Waals surface area contributed by atoms with Gasteiger partial charge in [-0.25, -0.2) is 8.78 Å². The van der Waals surface area contributed by atoms with E-state index in [2.05, 4.69) is 21.3 Å². The average Bonchev–Trinajstić information content (AvgIpc) is 3.23. The number of hydrogen-bond donors (Lipinski definition) is 1. The molecule has 32 heavy (non-hydrogen) atoms. The first kappa shape index (κ1) is 19.8. The molecule has 156 valence electrons. The summed E-state index contributed by atoms with van der Waals surface area (Å²) >= 11 is 0. The molecule has 0 aliphatic carbocycles. The summed E-state index contributed by atoms with van der Waals surface area (Å²) in [4.78, 5) is 4.49. The van der Waals surface area contributed by atoms with Gasteiger partial charge in [-0.1, -0.05) is 30.3 Å². The molecular formula is C26H18F2N4. The summed E-state index contributed by atoms with van der Waals surface area (Å²) in [5.41, 5.74) is 4.63. The minimum Gasteiger partial charge on any atom is -0.276 e. The van der Waals surface area contributed by atoms with Crippen molar-refractivity contribution in [2.75, 3.05) is 0 Å². The molecule has 6 heteroatoms. The fraction of sp³-hybridized carbons (Fsp3) is 0.115. The predicted octanol–water partition coefficient (Wildman–Crippen LogP) is 6.52. The maximum absolute atomic E-state index is 13.8. The third-order valence-corrected chi connectivity index (χ3v) is 5.75. The molecule has 5 aromatic rings. The van der Waals surface area contributed by atoms with Gasteiger partial charge in [0, 0.05) is 22.4 Å².